The van der Waals surface area contributed by atoms with Crippen molar-refractivity contribution in [1.29, 1.82) is 0 Å². The molecule has 0 aliphatic carbocycles. The van der Waals surface area contributed by atoms with E-state index in [0.29, 0.717) is 0 Å². The zero-order valence-electron chi connectivity index (χ0n) is 11.0. The standard InChI is InChI=1S/C13H14ClF3N2OS/c14-10-5-8(13(15,16)17)1-2-11(10)19-12(20)6-9-7-21-4-3-18-9/h1-2,5,9,18H,3-4,6-7H2,(H,19,20). The molecule has 1 saturated heterocycles. The highest BCUT2D eigenvalue weighted by Crippen LogP contribution is 2.33. The molecule has 2 rings (SSSR count). The monoisotopic (exact) mass is 338 g/mol. The lowest BCUT2D eigenvalue weighted by molar-refractivity contribution is -0.137. The summed E-state index contributed by atoms with van der Waals surface area (Å²) >= 11 is 7.55. The van der Waals surface area contributed by atoms with Gasteiger partial charge in [0.25, 0.3) is 0 Å². The summed E-state index contributed by atoms with van der Waals surface area (Å²) in [6.45, 7) is 0.851. The predicted octanol–water partition coefficient (Wildman–Crippen LogP) is 3.39. The minimum atomic E-state index is -4.45. The van der Waals surface area contributed by atoms with Crippen molar-refractivity contribution in [3.63, 3.8) is 0 Å². The molecule has 21 heavy (non-hydrogen) atoms. The average Bonchev–Trinajstić information content (AvgIpc) is 2.41. The Kier molecular flexibility index (Phi) is 5.40. The maximum absolute atomic E-state index is 12.5. The Bertz CT molecular complexity index is 519. The van der Waals surface area contributed by atoms with E-state index in [1.807, 2.05) is 0 Å². The Morgan fingerprint density at radius 3 is 2.81 bits per heavy atom. The van der Waals surface area contributed by atoms with E-state index in [4.69, 9.17) is 11.6 Å². The van der Waals surface area contributed by atoms with Gasteiger partial charge in [-0.05, 0) is 18.2 Å². The lowest BCUT2D eigenvalue weighted by atomic mass is 10.2. The molecule has 3 nitrogen and oxygen atoms in total. The van der Waals surface area contributed by atoms with Crippen LogP contribution < -0.4 is 10.6 Å². The number of nitrogens with one attached hydrogen (secondary N) is 2. The highest BCUT2D eigenvalue weighted by Gasteiger charge is 2.31. The SMILES string of the molecule is O=C(CC1CSCCN1)Nc1ccc(C(F)(F)F)cc1Cl. The quantitative estimate of drug-likeness (QED) is 0.887. The van der Waals surface area contributed by atoms with Crippen LogP contribution in [0.5, 0.6) is 0 Å². The van der Waals surface area contributed by atoms with Gasteiger partial charge in [-0.15, -0.1) is 0 Å². The van der Waals surface area contributed by atoms with E-state index in [2.05, 4.69) is 10.6 Å². The molecule has 1 aromatic carbocycles. The number of benzene rings is 1. The largest absolute Gasteiger partial charge is 0.416 e. The minimum Gasteiger partial charge on any atom is -0.325 e. The van der Waals surface area contributed by atoms with Crippen molar-refractivity contribution in [3.05, 3.63) is 28.8 Å². The summed E-state index contributed by atoms with van der Waals surface area (Å²) in [7, 11) is 0. The molecule has 116 valence electrons. The third-order valence-corrected chi connectivity index (χ3v) is 4.44. The van der Waals surface area contributed by atoms with Crippen molar-refractivity contribution in [2.45, 2.75) is 18.6 Å². The smallest absolute Gasteiger partial charge is 0.325 e. The average molecular weight is 339 g/mol. The molecule has 0 aromatic heterocycles. The van der Waals surface area contributed by atoms with Gasteiger partial charge in [0.05, 0.1) is 16.3 Å². The van der Waals surface area contributed by atoms with Crippen LogP contribution in [-0.4, -0.2) is 30.0 Å². The summed E-state index contributed by atoms with van der Waals surface area (Å²) in [5.41, 5.74) is -0.644. The van der Waals surface area contributed by atoms with Crippen LogP contribution in [0.3, 0.4) is 0 Å². The summed E-state index contributed by atoms with van der Waals surface area (Å²) in [5.74, 6) is 1.59. The van der Waals surface area contributed by atoms with E-state index in [0.717, 1.165) is 30.2 Å². The number of carbonyl (C=O) groups excluding carboxylic acids is 1. The number of carbonyl (C=O) groups is 1. The van der Waals surface area contributed by atoms with Crippen molar-refractivity contribution in [2.75, 3.05) is 23.4 Å². The Balaban J connectivity index is 1.97. The van der Waals surface area contributed by atoms with Crippen molar-refractivity contribution in [2.24, 2.45) is 0 Å². The van der Waals surface area contributed by atoms with Crippen molar-refractivity contribution < 1.29 is 18.0 Å². The van der Waals surface area contributed by atoms with Gasteiger partial charge < -0.3 is 10.6 Å². The van der Waals surface area contributed by atoms with Crippen LogP contribution in [0.15, 0.2) is 18.2 Å². The fourth-order valence-electron chi connectivity index (χ4n) is 1.97. The van der Waals surface area contributed by atoms with Gasteiger partial charge in [-0.2, -0.15) is 24.9 Å². The topological polar surface area (TPSA) is 41.1 Å². The lowest BCUT2D eigenvalue weighted by Gasteiger charge is -2.22. The van der Waals surface area contributed by atoms with Gasteiger partial charge in [-0.1, -0.05) is 11.6 Å². The second kappa shape index (κ2) is 6.89. The molecular weight excluding hydrogens is 325 g/mol. The molecule has 0 spiro atoms. The number of hydrogen-bond acceptors (Lipinski definition) is 3. The van der Waals surface area contributed by atoms with Crippen LogP contribution in [0.2, 0.25) is 5.02 Å². The molecule has 1 aliphatic rings. The fraction of sp³-hybridized carbons (Fsp3) is 0.462. The molecule has 1 atom stereocenters. The Morgan fingerprint density at radius 1 is 1.48 bits per heavy atom. The van der Waals surface area contributed by atoms with E-state index >= 15 is 0 Å². The first-order chi connectivity index (χ1) is 9.86. The first-order valence-electron chi connectivity index (χ1n) is 6.34. The van der Waals surface area contributed by atoms with E-state index in [1.165, 1.54) is 6.07 Å². The number of halogens is 4. The van der Waals surface area contributed by atoms with E-state index in [1.54, 1.807) is 11.8 Å². The molecule has 0 bridgehead atoms. The zero-order chi connectivity index (χ0) is 15.5. The molecule has 8 heteroatoms. The second-order valence-electron chi connectivity index (χ2n) is 4.67. The van der Waals surface area contributed by atoms with Gasteiger partial charge >= 0.3 is 6.18 Å². The van der Waals surface area contributed by atoms with Crippen molar-refractivity contribution in [1.82, 2.24) is 5.32 Å². The zero-order valence-corrected chi connectivity index (χ0v) is 12.5. The van der Waals surface area contributed by atoms with Gasteiger partial charge in [0.1, 0.15) is 0 Å². The maximum atomic E-state index is 12.5. The van der Waals surface area contributed by atoms with E-state index in [9.17, 15) is 18.0 Å². The van der Waals surface area contributed by atoms with E-state index < -0.39 is 11.7 Å². The summed E-state index contributed by atoms with van der Waals surface area (Å²) in [6.07, 6.45) is -4.18. The number of thioether (sulfide) groups is 1. The third-order valence-electron chi connectivity index (χ3n) is 3.00. The molecule has 0 radical (unpaired) electrons. The molecule has 1 aromatic rings. The fourth-order valence-corrected chi connectivity index (χ4v) is 3.15. The van der Waals surface area contributed by atoms with Crippen LogP contribution >= 0.6 is 23.4 Å². The van der Waals surface area contributed by atoms with Gasteiger partial charge in [0.15, 0.2) is 0 Å². The maximum Gasteiger partial charge on any atom is 0.416 e. The Hall–Kier alpha value is -0.920. The molecule has 1 aliphatic heterocycles. The summed E-state index contributed by atoms with van der Waals surface area (Å²) in [6, 6.07) is 2.96. The first-order valence-corrected chi connectivity index (χ1v) is 7.87. The van der Waals surface area contributed by atoms with Gasteiger partial charge in [0.2, 0.25) is 5.91 Å². The van der Waals surface area contributed by atoms with Crippen molar-refractivity contribution in [3.8, 4) is 0 Å². The van der Waals surface area contributed by atoms with Crippen LogP contribution in [0, 0.1) is 0 Å². The summed E-state index contributed by atoms with van der Waals surface area (Å²) in [5, 5.41) is 5.64. The molecule has 2 N–H and O–H groups in total. The predicted molar refractivity (Wildman–Crippen MR) is 78.8 cm³/mol. The highest BCUT2D eigenvalue weighted by atomic mass is 35.5. The molecule has 1 unspecified atom stereocenters. The van der Waals surface area contributed by atoms with Crippen molar-refractivity contribution >= 4 is 35.0 Å². The highest BCUT2D eigenvalue weighted by molar-refractivity contribution is 7.99. The Morgan fingerprint density at radius 2 is 2.24 bits per heavy atom. The van der Waals surface area contributed by atoms with Gasteiger partial charge in [-0.3, -0.25) is 4.79 Å². The minimum absolute atomic E-state index is 0.0805. The molecule has 1 heterocycles. The van der Waals surface area contributed by atoms with Gasteiger partial charge in [-0.25, -0.2) is 0 Å². The van der Waals surface area contributed by atoms with Gasteiger partial charge in [0, 0.05) is 30.5 Å². The third kappa shape index (κ3) is 4.79. The first kappa shape index (κ1) is 16.5. The molecule has 0 saturated carbocycles. The van der Waals surface area contributed by atoms with E-state index in [-0.39, 0.29) is 29.1 Å². The molecular formula is C13H14ClF3N2OS. The molecule has 1 fully saturated rings. The molecule has 1 amide bonds. The van der Waals surface area contributed by atoms with Crippen LogP contribution in [-0.2, 0) is 11.0 Å². The Labute approximate surface area is 129 Å². The number of rotatable bonds is 3. The number of anilines is 1. The summed E-state index contributed by atoms with van der Waals surface area (Å²) in [4.78, 5) is 11.9. The lowest BCUT2D eigenvalue weighted by Crippen LogP contribution is -2.39. The van der Waals surface area contributed by atoms with Crippen LogP contribution in [0.25, 0.3) is 0 Å². The number of alkyl halides is 3. The van der Waals surface area contributed by atoms with Crippen LogP contribution in [0.4, 0.5) is 18.9 Å². The summed E-state index contributed by atoms with van der Waals surface area (Å²) < 4.78 is 37.5. The second-order valence-corrected chi connectivity index (χ2v) is 6.23. The normalized spacial score (nSPS) is 19.3. The van der Waals surface area contributed by atoms with Crippen LogP contribution in [0.1, 0.15) is 12.0 Å². The number of amides is 1. The number of hydrogen-bond donors (Lipinski definition) is 2.